The number of amides is 1. The lowest BCUT2D eigenvalue weighted by molar-refractivity contribution is -0.135. The van der Waals surface area contributed by atoms with Crippen LogP contribution in [-0.4, -0.2) is 37.6 Å². The van der Waals surface area contributed by atoms with Crippen molar-refractivity contribution < 1.29 is 9.53 Å². The predicted octanol–water partition coefficient (Wildman–Crippen LogP) is 2.12. The van der Waals surface area contributed by atoms with E-state index < -0.39 is 5.54 Å². The van der Waals surface area contributed by atoms with E-state index in [-0.39, 0.29) is 5.91 Å². The van der Waals surface area contributed by atoms with E-state index in [0.29, 0.717) is 12.5 Å². The molecule has 5 heteroatoms. The van der Waals surface area contributed by atoms with Crippen LogP contribution >= 0.6 is 15.9 Å². The molecule has 1 aliphatic heterocycles. The molecule has 2 atom stereocenters. The van der Waals surface area contributed by atoms with Crippen LogP contribution in [-0.2, 0) is 15.1 Å². The molecule has 0 saturated carbocycles. The highest BCUT2D eigenvalue weighted by Crippen LogP contribution is 2.26. The van der Waals surface area contributed by atoms with Crippen LogP contribution in [0, 0.1) is 5.92 Å². The lowest BCUT2D eigenvalue weighted by atomic mass is 9.92. The van der Waals surface area contributed by atoms with E-state index in [1.54, 1.807) is 14.0 Å². The highest BCUT2D eigenvalue weighted by atomic mass is 79.9. The van der Waals surface area contributed by atoms with Gasteiger partial charge in [-0.05, 0) is 31.0 Å². The number of carbonyl (C=O) groups is 1. The topological polar surface area (TPSA) is 55.6 Å². The fraction of sp³-hybridized carbons (Fsp3) is 0.533. The van der Waals surface area contributed by atoms with E-state index in [9.17, 15) is 4.79 Å². The van der Waals surface area contributed by atoms with Gasteiger partial charge in [0.1, 0.15) is 5.54 Å². The van der Waals surface area contributed by atoms with Gasteiger partial charge in [0, 0.05) is 30.6 Å². The minimum absolute atomic E-state index is 0.0153. The Balaban J connectivity index is 2.09. The van der Waals surface area contributed by atoms with Crippen LogP contribution in [0.15, 0.2) is 28.7 Å². The molecule has 1 saturated heterocycles. The highest BCUT2D eigenvalue weighted by Gasteiger charge is 2.37. The summed E-state index contributed by atoms with van der Waals surface area (Å²) in [5.74, 6) is 0.406. The number of ether oxygens (including phenoxy) is 1. The number of hydrogen-bond donors (Lipinski definition) is 1. The van der Waals surface area contributed by atoms with Crippen LogP contribution in [0.1, 0.15) is 18.9 Å². The minimum atomic E-state index is -0.983. The van der Waals surface area contributed by atoms with Crippen molar-refractivity contribution in [2.24, 2.45) is 11.7 Å². The average Bonchev–Trinajstić information content (AvgIpc) is 2.87. The molecule has 1 fully saturated rings. The summed E-state index contributed by atoms with van der Waals surface area (Å²) in [6.45, 7) is 3.97. The maximum atomic E-state index is 12.7. The Morgan fingerprint density at radius 2 is 2.15 bits per heavy atom. The first kappa shape index (κ1) is 15.5. The molecule has 1 aromatic rings. The second-order valence-electron chi connectivity index (χ2n) is 5.57. The number of benzene rings is 1. The van der Waals surface area contributed by atoms with E-state index in [2.05, 4.69) is 15.9 Å². The summed E-state index contributed by atoms with van der Waals surface area (Å²) >= 11 is 3.39. The number of nitrogens with two attached hydrogens (primary N) is 1. The summed E-state index contributed by atoms with van der Waals surface area (Å²) in [6, 6.07) is 7.60. The summed E-state index contributed by atoms with van der Waals surface area (Å²) in [5.41, 5.74) is 6.14. The van der Waals surface area contributed by atoms with Gasteiger partial charge in [0.05, 0.1) is 6.61 Å². The average molecular weight is 341 g/mol. The summed E-state index contributed by atoms with van der Waals surface area (Å²) < 4.78 is 6.14. The van der Waals surface area contributed by atoms with Crippen LogP contribution in [0.5, 0.6) is 0 Å². The third-order valence-corrected chi connectivity index (χ3v) is 4.39. The van der Waals surface area contributed by atoms with Crippen molar-refractivity contribution in [3.05, 3.63) is 34.3 Å². The molecule has 1 amide bonds. The van der Waals surface area contributed by atoms with Crippen molar-refractivity contribution in [1.82, 2.24) is 4.90 Å². The molecule has 2 N–H and O–H groups in total. The number of methoxy groups -OCH3 is 1. The molecule has 2 unspecified atom stereocenters. The van der Waals surface area contributed by atoms with E-state index in [1.807, 2.05) is 29.2 Å². The van der Waals surface area contributed by atoms with Crippen LogP contribution < -0.4 is 5.73 Å². The highest BCUT2D eigenvalue weighted by molar-refractivity contribution is 9.10. The lowest BCUT2D eigenvalue weighted by Crippen LogP contribution is -2.50. The molecule has 1 aliphatic rings. The maximum Gasteiger partial charge on any atom is 0.246 e. The quantitative estimate of drug-likeness (QED) is 0.913. The number of likely N-dealkylation sites (tertiary alicyclic amines) is 1. The third-order valence-electron chi connectivity index (χ3n) is 3.86. The van der Waals surface area contributed by atoms with Crippen LogP contribution in [0.3, 0.4) is 0 Å². The number of carbonyl (C=O) groups excluding carboxylic acids is 1. The van der Waals surface area contributed by atoms with Gasteiger partial charge in [-0.15, -0.1) is 0 Å². The van der Waals surface area contributed by atoms with E-state index in [4.69, 9.17) is 10.5 Å². The standard InChI is InChI=1S/C15H21BrN2O2/c1-15(17,12-3-5-13(16)6-4-12)14(19)18-8-7-11(9-18)10-20-2/h3-6,11H,7-10,17H2,1-2H3. The minimum Gasteiger partial charge on any atom is -0.384 e. The maximum absolute atomic E-state index is 12.7. The molecule has 0 bridgehead atoms. The van der Waals surface area contributed by atoms with Gasteiger partial charge in [-0.2, -0.15) is 0 Å². The molecule has 1 heterocycles. The molecular formula is C15H21BrN2O2. The molecule has 1 aromatic carbocycles. The second-order valence-corrected chi connectivity index (χ2v) is 6.49. The second kappa shape index (κ2) is 6.24. The largest absolute Gasteiger partial charge is 0.384 e. The summed E-state index contributed by atoms with van der Waals surface area (Å²) in [4.78, 5) is 14.5. The van der Waals surface area contributed by atoms with Gasteiger partial charge in [0.25, 0.3) is 0 Å². The molecule has 0 radical (unpaired) electrons. The summed E-state index contributed by atoms with van der Waals surface area (Å²) in [5, 5.41) is 0. The normalized spacial score (nSPS) is 21.8. The van der Waals surface area contributed by atoms with Crippen molar-refractivity contribution in [3.8, 4) is 0 Å². The first-order valence-corrected chi connectivity index (χ1v) is 7.57. The van der Waals surface area contributed by atoms with Gasteiger partial charge in [-0.25, -0.2) is 0 Å². The zero-order valence-electron chi connectivity index (χ0n) is 11.9. The zero-order chi connectivity index (χ0) is 14.8. The molecule has 0 spiro atoms. The van der Waals surface area contributed by atoms with Gasteiger partial charge >= 0.3 is 0 Å². The lowest BCUT2D eigenvalue weighted by Gasteiger charge is -2.29. The Morgan fingerprint density at radius 3 is 2.75 bits per heavy atom. The first-order valence-electron chi connectivity index (χ1n) is 6.78. The van der Waals surface area contributed by atoms with Gasteiger partial charge < -0.3 is 15.4 Å². The Morgan fingerprint density at radius 1 is 1.50 bits per heavy atom. The molecule has 0 aliphatic carbocycles. The Hall–Kier alpha value is -0.910. The Bertz CT molecular complexity index is 473. The van der Waals surface area contributed by atoms with E-state index in [1.165, 1.54) is 0 Å². The molecule has 4 nitrogen and oxygen atoms in total. The monoisotopic (exact) mass is 340 g/mol. The summed E-state index contributed by atoms with van der Waals surface area (Å²) in [6.07, 6.45) is 0.982. The first-order chi connectivity index (χ1) is 9.45. The molecule has 110 valence electrons. The van der Waals surface area contributed by atoms with Gasteiger partial charge in [-0.1, -0.05) is 28.1 Å². The number of hydrogen-bond acceptors (Lipinski definition) is 3. The predicted molar refractivity (Wildman–Crippen MR) is 82.2 cm³/mol. The van der Waals surface area contributed by atoms with Gasteiger partial charge in [-0.3, -0.25) is 4.79 Å². The van der Waals surface area contributed by atoms with E-state index in [0.717, 1.165) is 29.5 Å². The van der Waals surface area contributed by atoms with Gasteiger partial charge in [0.2, 0.25) is 5.91 Å². The Labute approximate surface area is 128 Å². The van der Waals surface area contributed by atoms with Crippen molar-refractivity contribution in [2.75, 3.05) is 26.8 Å². The van der Waals surface area contributed by atoms with Crippen molar-refractivity contribution >= 4 is 21.8 Å². The molecular weight excluding hydrogens is 320 g/mol. The smallest absolute Gasteiger partial charge is 0.246 e. The number of rotatable bonds is 4. The Kier molecular flexibility index (Phi) is 4.83. The molecule has 0 aromatic heterocycles. The van der Waals surface area contributed by atoms with Gasteiger partial charge in [0.15, 0.2) is 0 Å². The van der Waals surface area contributed by atoms with Crippen LogP contribution in [0.2, 0.25) is 0 Å². The number of halogens is 1. The molecule has 20 heavy (non-hydrogen) atoms. The summed E-state index contributed by atoms with van der Waals surface area (Å²) in [7, 11) is 1.69. The SMILES string of the molecule is COCC1CCN(C(=O)C(C)(N)c2ccc(Br)cc2)C1. The van der Waals surface area contributed by atoms with Crippen molar-refractivity contribution in [2.45, 2.75) is 18.9 Å². The van der Waals surface area contributed by atoms with Crippen molar-refractivity contribution in [3.63, 3.8) is 0 Å². The third kappa shape index (κ3) is 3.22. The fourth-order valence-electron chi connectivity index (χ4n) is 2.64. The fourth-order valence-corrected chi connectivity index (χ4v) is 2.90. The van der Waals surface area contributed by atoms with Crippen LogP contribution in [0.4, 0.5) is 0 Å². The molecule has 2 rings (SSSR count). The van der Waals surface area contributed by atoms with E-state index >= 15 is 0 Å². The van der Waals surface area contributed by atoms with Crippen LogP contribution in [0.25, 0.3) is 0 Å². The number of nitrogens with zero attached hydrogens (tertiary/aromatic N) is 1. The van der Waals surface area contributed by atoms with Crippen molar-refractivity contribution in [1.29, 1.82) is 0 Å². The zero-order valence-corrected chi connectivity index (χ0v) is 13.5.